The summed E-state index contributed by atoms with van der Waals surface area (Å²) in [5.74, 6) is 0.367. The Hall–Kier alpha value is -3.10. The number of pyridine rings is 1. The molecule has 4 atom stereocenters. The van der Waals surface area contributed by atoms with Crippen LogP contribution in [0.4, 0.5) is 5.69 Å². The molecule has 4 N–H and O–H groups in total. The van der Waals surface area contributed by atoms with E-state index in [1.54, 1.807) is 30.6 Å². The van der Waals surface area contributed by atoms with Crippen molar-refractivity contribution in [3.63, 3.8) is 0 Å². The van der Waals surface area contributed by atoms with E-state index < -0.39 is 23.0 Å². The number of benzene rings is 1. The van der Waals surface area contributed by atoms with Gasteiger partial charge >= 0.3 is 0 Å². The van der Waals surface area contributed by atoms with Crippen LogP contribution in [0.1, 0.15) is 44.2 Å². The van der Waals surface area contributed by atoms with Crippen molar-refractivity contribution in [1.82, 2.24) is 9.88 Å². The summed E-state index contributed by atoms with van der Waals surface area (Å²) >= 11 is 0. The molecule has 2 aliphatic heterocycles. The zero-order valence-corrected chi connectivity index (χ0v) is 18.7. The van der Waals surface area contributed by atoms with Crippen molar-refractivity contribution in [2.45, 2.75) is 62.7 Å². The Morgan fingerprint density at radius 3 is 2.71 bits per heavy atom. The molecule has 1 aromatic carbocycles. The minimum Gasteiger partial charge on any atom is -0.508 e. The number of aliphatic hydroxyl groups is 2. The second-order valence-electron chi connectivity index (χ2n) is 10.5. The lowest BCUT2D eigenvalue weighted by Crippen LogP contribution is -2.75. The number of aromatic nitrogens is 1. The number of aliphatic hydroxyl groups excluding tert-OH is 1. The van der Waals surface area contributed by atoms with Crippen molar-refractivity contribution >= 4 is 11.6 Å². The molecule has 8 heteroatoms. The number of carbonyl (C=O) groups excluding carboxylic acids is 1. The molecule has 35 heavy (non-hydrogen) atoms. The summed E-state index contributed by atoms with van der Waals surface area (Å²) in [7, 11) is 0. The van der Waals surface area contributed by atoms with Crippen LogP contribution in [0.3, 0.4) is 0 Å². The van der Waals surface area contributed by atoms with Gasteiger partial charge in [0.15, 0.2) is 17.6 Å². The van der Waals surface area contributed by atoms with Crippen LogP contribution in [0.25, 0.3) is 0 Å². The Labute approximate surface area is 204 Å². The number of phenols is 1. The van der Waals surface area contributed by atoms with E-state index in [9.17, 15) is 20.1 Å². The van der Waals surface area contributed by atoms with Gasteiger partial charge in [-0.1, -0.05) is 13.5 Å². The van der Waals surface area contributed by atoms with E-state index in [0.717, 1.165) is 24.2 Å². The molecular formula is C27H31N3O5. The third-order valence-electron chi connectivity index (χ3n) is 8.73. The van der Waals surface area contributed by atoms with E-state index in [1.807, 2.05) is 6.07 Å². The predicted octanol–water partition coefficient (Wildman–Crippen LogP) is 3.05. The minimum atomic E-state index is -1.31. The molecule has 2 fully saturated rings. The van der Waals surface area contributed by atoms with Crippen molar-refractivity contribution in [1.29, 1.82) is 0 Å². The number of carbonyl (C=O) groups is 1. The molecule has 1 spiro atoms. The van der Waals surface area contributed by atoms with Gasteiger partial charge in [0.1, 0.15) is 5.76 Å². The van der Waals surface area contributed by atoms with Gasteiger partial charge in [-0.3, -0.25) is 14.7 Å². The lowest BCUT2D eigenvalue weighted by Gasteiger charge is -2.62. The Morgan fingerprint density at radius 1 is 1.20 bits per heavy atom. The first-order valence-electron chi connectivity index (χ1n) is 12.0. The fourth-order valence-electron chi connectivity index (χ4n) is 7.01. The Bertz CT molecular complexity index is 1240. The number of ether oxygens (including phenoxy) is 1. The average molecular weight is 478 g/mol. The molecule has 3 heterocycles. The summed E-state index contributed by atoms with van der Waals surface area (Å²) in [4.78, 5) is 19.7. The van der Waals surface area contributed by atoms with Crippen molar-refractivity contribution in [2.24, 2.45) is 5.92 Å². The first-order chi connectivity index (χ1) is 16.4. The first-order valence-corrected chi connectivity index (χ1v) is 12.0. The highest BCUT2D eigenvalue weighted by Crippen LogP contribution is 2.66. The number of phenolic OH excluding ortho intramolecular Hbond substituents is 1. The number of likely N-dealkylation sites (tertiary alicyclic amines) is 1. The predicted molar refractivity (Wildman–Crippen MR) is 129 cm³/mol. The number of hydrogen-bond acceptors (Lipinski definition) is 7. The molecule has 3 aliphatic carbocycles. The lowest BCUT2D eigenvalue weighted by atomic mass is 9.49. The molecule has 1 saturated heterocycles. The molecule has 5 aliphatic rings. The molecule has 2 bridgehead atoms. The average Bonchev–Trinajstić information content (AvgIpc) is 3.56. The Morgan fingerprint density at radius 2 is 1.97 bits per heavy atom. The van der Waals surface area contributed by atoms with E-state index in [4.69, 9.17) is 4.74 Å². The molecular weight excluding hydrogens is 446 g/mol. The van der Waals surface area contributed by atoms with Gasteiger partial charge in [-0.2, -0.15) is 0 Å². The number of hydrogen-bond donors (Lipinski definition) is 4. The highest BCUT2D eigenvalue weighted by atomic mass is 16.5. The molecule has 0 unspecified atom stereocenters. The van der Waals surface area contributed by atoms with Crippen LogP contribution >= 0.6 is 0 Å². The first kappa shape index (κ1) is 22.4. The summed E-state index contributed by atoms with van der Waals surface area (Å²) in [6.45, 7) is 1.72. The van der Waals surface area contributed by atoms with Gasteiger partial charge in [-0.25, -0.2) is 0 Å². The van der Waals surface area contributed by atoms with E-state index in [-0.39, 0.29) is 37.0 Å². The summed E-state index contributed by atoms with van der Waals surface area (Å²) in [6.07, 6.45) is 5.90. The number of nitrogens with zero attached hydrogens (tertiary/aromatic N) is 2. The topological polar surface area (TPSA) is 115 Å². The van der Waals surface area contributed by atoms with E-state index >= 15 is 0 Å². The summed E-state index contributed by atoms with van der Waals surface area (Å²) < 4.78 is 6.22. The Kier molecular flexibility index (Phi) is 4.76. The molecule has 8 nitrogen and oxygen atoms in total. The molecule has 0 radical (unpaired) electrons. The van der Waals surface area contributed by atoms with Crippen molar-refractivity contribution < 1.29 is 24.9 Å². The van der Waals surface area contributed by atoms with Crippen LogP contribution in [0.5, 0.6) is 11.5 Å². The second-order valence-corrected chi connectivity index (χ2v) is 10.5. The van der Waals surface area contributed by atoms with Gasteiger partial charge in [0.05, 0.1) is 16.6 Å². The van der Waals surface area contributed by atoms with Gasteiger partial charge < -0.3 is 25.4 Å². The molecule has 7 rings (SSSR count). The maximum atomic E-state index is 13.3. The number of nitrogens with one attached hydrogen (secondary N) is 1. The number of amides is 1. The maximum absolute atomic E-state index is 13.3. The van der Waals surface area contributed by atoms with E-state index in [1.165, 1.54) is 12.8 Å². The fraction of sp³-hybridized carbons (Fsp3) is 0.481. The third kappa shape index (κ3) is 2.87. The molecule has 2 aromatic rings. The van der Waals surface area contributed by atoms with Crippen LogP contribution in [0.15, 0.2) is 48.0 Å². The highest BCUT2D eigenvalue weighted by molar-refractivity contribution is 6.04. The highest BCUT2D eigenvalue weighted by Gasteiger charge is 2.73. The van der Waals surface area contributed by atoms with Crippen LogP contribution in [0.2, 0.25) is 0 Å². The Balaban J connectivity index is 0.00000229. The SMILES string of the molecule is C.O=C(Nc1ccncc1)C1=C(O)[C@@H]2Oc3c(O)ccc4c3[C@@]23CCN(CC2CC2)[C@H](C4)[C@]3(O)C1. The number of piperidine rings is 1. The second kappa shape index (κ2) is 7.45. The number of anilines is 1. The molecule has 184 valence electrons. The van der Waals surface area contributed by atoms with Gasteiger partial charge in [0.2, 0.25) is 0 Å². The monoisotopic (exact) mass is 477 g/mol. The fourth-order valence-corrected chi connectivity index (χ4v) is 7.01. The van der Waals surface area contributed by atoms with Crippen LogP contribution < -0.4 is 10.1 Å². The van der Waals surface area contributed by atoms with Crippen LogP contribution in [-0.4, -0.2) is 61.9 Å². The summed E-state index contributed by atoms with van der Waals surface area (Å²) in [5, 5.41) is 37.4. The molecule has 1 aromatic heterocycles. The van der Waals surface area contributed by atoms with Crippen LogP contribution in [0, 0.1) is 5.92 Å². The summed E-state index contributed by atoms with van der Waals surface area (Å²) in [6, 6.07) is 6.70. The van der Waals surface area contributed by atoms with E-state index in [2.05, 4.69) is 15.2 Å². The molecule has 1 amide bonds. The van der Waals surface area contributed by atoms with E-state index in [0.29, 0.717) is 30.2 Å². The lowest BCUT2D eigenvalue weighted by molar-refractivity contribution is -0.172. The van der Waals surface area contributed by atoms with Crippen molar-refractivity contribution in [3.05, 3.63) is 59.1 Å². The minimum absolute atomic E-state index is 0. The largest absolute Gasteiger partial charge is 0.508 e. The van der Waals surface area contributed by atoms with Gasteiger partial charge in [0, 0.05) is 42.7 Å². The van der Waals surface area contributed by atoms with Crippen molar-refractivity contribution in [3.8, 4) is 11.5 Å². The van der Waals surface area contributed by atoms with Gasteiger partial charge in [0.25, 0.3) is 5.91 Å². The van der Waals surface area contributed by atoms with Gasteiger partial charge in [-0.05, 0) is 61.9 Å². The standard InChI is InChI=1S/C26H27N3O5.CH4/c30-18-4-3-15-11-19-26(33)12-17(24(32)28-16-5-8-27-9-6-16)21(31)23-25(26,20(15)22(18)34-23)7-10-29(19)13-14-1-2-14;/h3-6,8-9,14,19,23,30-31,33H,1-2,7,10-13H2,(H,27,28,32);1H4/t19-,23+,25+,26-;/m1./s1. The number of aromatic hydroxyl groups is 1. The smallest absolute Gasteiger partial charge is 0.255 e. The third-order valence-corrected chi connectivity index (χ3v) is 8.73. The number of rotatable bonds is 4. The quantitative estimate of drug-likeness (QED) is 0.535. The van der Waals surface area contributed by atoms with Crippen LogP contribution in [-0.2, 0) is 16.6 Å². The maximum Gasteiger partial charge on any atom is 0.255 e. The molecule has 1 saturated carbocycles. The zero-order valence-electron chi connectivity index (χ0n) is 18.7. The normalized spacial score (nSPS) is 32.4. The summed E-state index contributed by atoms with van der Waals surface area (Å²) in [5.41, 5.74) is 0.333. The van der Waals surface area contributed by atoms with Gasteiger partial charge in [-0.15, -0.1) is 0 Å². The van der Waals surface area contributed by atoms with Crippen molar-refractivity contribution in [2.75, 3.05) is 18.4 Å². The zero-order chi connectivity index (χ0) is 23.2.